The van der Waals surface area contributed by atoms with Crippen LogP contribution in [0.15, 0.2) is 59.1 Å². The van der Waals surface area contributed by atoms with Gasteiger partial charge in [-0.1, -0.05) is 64.8 Å². The number of hydrogen-bond donors (Lipinski definition) is 2. The SMILES string of the molecule is COC(=O)[C@H](Cc1ccc(Br)cc1)NC(=O)CCCCCNC(=O)OCc1ccccc1. The molecule has 1 atom stereocenters. The molecule has 0 aliphatic rings. The van der Waals surface area contributed by atoms with Crippen LogP contribution in [-0.2, 0) is 32.1 Å². The summed E-state index contributed by atoms with van der Waals surface area (Å²) in [6.45, 7) is 0.706. The van der Waals surface area contributed by atoms with E-state index in [1.165, 1.54) is 7.11 Å². The first kappa shape index (κ1) is 25.4. The Hall–Kier alpha value is -2.87. The predicted octanol–water partition coefficient (Wildman–Crippen LogP) is 4.14. The zero-order chi connectivity index (χ0) is 23.2. The second-order valence-electron chi connectivity index (χ2n) is 7.27. The number of alkyl carbamates (subject to hydrolysis) is 1. The molecule has 0 fully saturated rings. The van der Waals surface area contributed by atoms with Crippen LogP contribution < -0.4 is 10.6 Å². The minimum atomic E-state index is -0.727. The standard InChI is InChI=1S/C24H29BrN2O5/c1-31-23(29)21(16-18-11-13-20(25)14-12-18)27-22(28)10-6-3-7-15-26-24(30)32-17-19-8-4-2-5-9-19/h2,4-5,8-9,11-14,21H,3,6-7,10,15-17H2,1H3,(H,26,30)(H,27,28)/t21-/m0/s1. The molecule has 7 nitrogen and oxygen atoms in total. The lowest BCUT2D eigenvalue weighted by Gasteiger charge is -2.16. The predicted molar refractivity (Wildman–Crippen MR) is 125 cm³/mol. The molecule has 32 heavy (non-hydrogen) atoms. The van der Waals surface area contributed by atoms with Gasteiger partial charge in [0.2, 0.25) is 5.91 Å². The molecule has 0 aromatic heterocycles. The highest BCUT2D eigenvalue weighted by molar-refractivity contribution is 9.10. The lowest BCUT2D eigenvalue weighted by molar-refractivity contribution is -0.145. The third kappa shape index (κ3) is 9.96. The van der Waals surface area contributed by atoms with Gasteiger partial charge < -0.3 is 20.1 Å². The van der Waals surface area contributed by atoms with Crippen molar-refractivity contribution < 1.29 is 23.9 Å². The van der Waals surface area contributed by atoms with Gasteiger partial charge in [0.1, 0.15) is 12.6 Å². The van der Waals surface area contributed by atoms with Crippen molar-refractivity contribution in [3.8, 4) is 0 Å². The molecular formula is C24H29BrN2O5. The van der Waals surface area contributed by atoms with Gasteiger partial charge in [0.15, 0.2) is 0 Å². The number of nitrogens with one attached hydrogen (secondary N) is 2. The van der Waals surface area contributed by atoms with Crippen LogP contribution in [0.4, 0.5) is 4.79 Å². The lowest BCUT2D eigenvalue weighted by Crippen LogP contribution is -2.43. The number of methoxy groups -OCH3 is 1. The number of carbonyl (C=O) groups excluding carboxylic acids is 3. The summed E-state index contributed by atoms with van der Waals surface area (Å²) in [7, 11) is 1.31. The molecule has 0 bridgehead atoms. The molecule has 2 amide bonds. The Balaban J connectivity index is 1.61. The van der Waals surface area contributed by atoms with E-state index in [4.69, 9.17) is 9.47 Å². The first-order valence-electron chi connectivity index (χ1n) is 10.5. The van der Waals surface area contributed by atoms with Crippen LogP contribution in [0.3, 0.4) is 0 Å². The van der Waals surface area contributed by atoms with Crippen LogP contribution in [-0.4, -0.2) is 37.7 Å². The fourth-order valence-corrected chi connectivity index (χ4v) is 3.27. The second-order valence-corrected chi connectivity index (χ2v) is 8.19. The van der Waals surface area contributed by atoms with Crippen LogP contribution in [0.2, 0.25) is 0 Å². The first-order chi connectivity index (χ1) is 15.5. The highest BCUT2D eigenvalue weighted by atomic mass is 79.9. The van der Waals surface area contributed by atoms with E-state index in [0.717, 1.165) is 28.4 Å². The summed E-state index contributed by atoms with van der Waals surface area (Å²) in [5, 5.41) is 5.46. The highest BCUT2D eigenvalue weighted by Gasteiger charge is 2.21. The molecule has 0 heterocycles. The summed E-state index contributed by atoms with van der Waals surface area (Å²) in [5.41, 5.74) is 1.85. The number of halogens is 1. The maximum absolute atomic E-state index is 12.3. The molecule has 0 aliphatic heterocycles. The van der Waals surface area contributed by atoms with Gasteiger partial charge in [-0.05, 0) is 36.1 Å². The van der Waals surface area contributed by atoms with Gasteiger partial charge in [-0.3, -0.25) is 4.79 Å². The third-order valence-corrected chi connectivity index (χ3v) is 5.27. The smallest absolute Gasteiger partial charge is 0.407 e. The molecule has 0 radical (unpaired) electrons. The summed E-state index contributed by atoms with van der Waals surface area (Å²) < 4.78 is 10.9. The van der Waals surface area contributed by atoms with Gasteiger partial charge in [-0.25, -0.2) is 9.59 Å². The van der Waals surface area contributed by atoms with E-state index in [9.17, 15) is 14.4 Å². The van der Waals surface area contributed by atoms with E-state index in [1.807, 2.05) is 54.6 Å². The molecule has 2 rings (SSSR count). The van der Waals surface area contributed by atoms with E-state index in [-0.39, 0.29) is 12.5 Å². The van der Waals surface area contributed by atoms with E-state index in [2.05, 4.69) is 26.6 Å². The van der Waals surface area contributed by atoms with Crippen LogP contribution >= 0.6 is 15.9 Å². The summed E-state index contributed by atoms with van der Waals surface area (Å²) in [6.07, 6.45) is 2.35. The number of ether oxygens (including phenoxy) is 2. The van der Waals surface area contributed by atoms with Crippen molar-refractivity contribution in [2.45, 2.75) is 44.8 Å². The Kier molecular flexibility index (Phi) is 11.3. The van der Waals surface area contributed by atoms with Crippen molar-refractivity contribution in [3.63, 3.8) is 0 Å². The molecule has 172 valence electrons. The average Bonchev–Trinajstić information content (AvgIpc) is 2.81. The number of rotatable bonds is 12. The number of benzene rings is 2. The zero-order valence-corrected chi connectivity index (χ0v) is 19.7. The Morgan fingerprint density at radius 1 is 0.938 bits per heavy atom. The van der Waals surface area contributed by atoms with Gasteiger partial charge in [0, 0.05) is 23.9 Å². The summed E-state index contributed by atoms with van der Waals surface area (Å²) in [6, 6.07) is 16.3. The van der Waals surface area contributed by atoms with Crippen molar-refractivity contribution in [1.29, 1.82) is 0 Å². The Labute approximate surface area is 197 Å². The molecule has 0 saturated heterocycles. The van der Waals surface area contributed by atoms with Gasteiger partial charge in [0.05, 0.1) is 7.11 Å². The Morgan fingerprint density at radius 2 is 1.66 bits per heavy atom. The topological polar surface area (TPSA) is 93.7 Å². The maximum Gasteiger partial charge on any atom is 0.407 e. The van der Waals surface area contributed by atoms with E-state index in [1.54, 1.807) is 0 Å². The Bertz CT molecular complexity index is 858. The average molecular weight is 505 g/mol. The van der Waals surface area contributed by atoms with Crippen molar-refractivity contribution >= 4 is 33.9 Å². The van der Waals surface area contributed by atoms with Crippen molar-refractivity contribution in [1.82, 2.24) is 10.6 Å². The minimum Gasteiger partial charge on any atom is -0.467 e. The quantitative estimate of drug-likeness (QED) is 0.334. The number of hydrogen-bond acceptors (Lipinski definition) is 5. The van der Waals surface area contributed by atoms with Crippen molar-refractivity contribution in [3.05, 3.63) is 70.2 Å². The number of amides is 2. The highest BCUT2D eigenvalue weighted by Crippen LogP contribution is 2.12. The molecule has 0 unspecified atom stereocenters. The van der Waals surface area contributed by atoms with E-state index < -0.39 is 18.1 Å². The summed E-state index contributed by atoms with van der Waals surface area (Å²) in [4.78, 5) is 36.0. The van der Waals surface area contributed by atoms with Crippen molar-refractivity contribution in [2.24, 2.45) is 0 Å². The van der Waals surface area contributed by atoms with Gasteiger partial charge in [-0.2, -0.15) is 0 Å². The molecule has 0 aliphatic carbocycles. The second kappa shape index (κ2) is 14.2. The maximum atomic E-state index is 12.3. The molecule has 0 saturated carbocycles. The third-order valence-electron chi connectivity index (χ3n) is 4.74. The van der Waals surface area contributed by atoms with Crippen LogP contribution in [0, 0.1) is 0 Å². The van der Waals surface area contributed by atoms with Crippen LogP contribution in [0.25, 0.3) is 0 Å². The van der Waals surface area contributed by atoms with Gasteiger partial charge >= 0.3 is 12.1 Å². The normalized spacial score (nSPS) is 11.3. The molecule has 2 aromatic carbocycles. The van der Waals surface area contributed by atoms with Gasteiger partial charge in [0.25, 0.3) is 0 Å². The molecule has 2 aromatic rings. The van der Waals surface area contributed by atoms with E-state index >= 15 is 0 Å². The van der Waals surface area contributed by atoms with Crippen LogP contribution in [0.1, 0.15) is 36.8 Å². The van der Waals surface area contributed by atoms with Gasteiger partial charge in [-0.15, -0.1) is 0 Å². The lowest BCUT2D eigenvalue weighted by atomic mass is 10.1. The fourth-order valence-electron chi connectivity index (χ4n) is 3.01. The van der Waals surface area contributed by atoms with Crippen LogP contribution in [0.5, 0.6) is 0 Å². The Morgan fingerprint density at radius 3 is 2.34 bits per heavy atom. The molecule has 2 N–H and O–H groups in total. The number of unbranched alkanes of at least 4 members (excludes halogenated alkanes) is 2. The fraction of sp³-hybridized carbons (Fsp3) is 0.375. The van der Waals surface area contributed by atoms with E-state index in [0.29, 0.717) is 25.8 Å². The zero-order valence-electron chi connectivity index (χ0n) is 18.1. The molecular weight excluding hydrogens is 476 g/mol. The first-order valence-corrected chi connectivity index (χ1v) is 11.3. The minimum absolute atomic E-state index is 0.201. The summed E-state index contributed by atoms with van der Waals surface area (Å²) in [5.74, 6) is -0.674. The number of esters is 1. The monoisotopic (exact) mass is 504 g/mol. The molecule has 8 heteroatoms. The summed E-state index contributed by atoms with van der Waals surface area (Å²) >= 11 is 3.37. The number of carbonyl (C=O) groups is 3. The molecule has 0 spiro atoms. The van der Waals surface area contributed by atoms with Crippen molar-refractivity contribution in [2.75, 3.05) is 13.7 Å². The largest absolute Gasteiger partial charge is 0.467 e.